The first-order chi connectivity index (χ1) is 12.7. The third kappa shape index (κ3) is 5.94. The van der Waals surface area contributed by atoms with Crippen LogP contribution in [-0.2, 0) is 16.5 Å². The predicted molar refractivity (Wildman–Crippen MR) is 111 cm³/mol. The average Bonchev–Trinajstić information content (AvgIpc) is 2.63. The van der Waals surface area contributed by atoms with Crippen molar-refractivity contribution in [1.29, 1.82) is 0 Å². The molecular formula is C22H25NO3S. The lowest BCUT2D eigenvalue weighted by Crippen LogP contribution is -1.98. The lowest BCUT2D eigenvalue weighted by Gasteiger charge is -2.11. The second-order valence-corrected chi connectivity index (χ2v) is 7.94. The Hall–Kier alpha value is -2.63. The van der Waals surface area contributed by atoms with E-state index in [0.717, 1.165) is 17.7 Å². The third-order valence-corrected chi connectivity index (χ3v) is 5.37. The fourth-order valence-electron chi connectivity index (χ4n) is 2.62. The minimum absolute atomic E-state index is 0.0666. The first kappa shape index (κ1) is 20.7. The Bertz CT molecular complexity index is 996. The van der Waals surface area contributed by atoms with Gasteiger partial charge >= 0.3 is 0 Å². The van der Waals surface area contributed by atoms with Gasteiger partial charge in [-0.15, -0.1) is 0 Å². The second kappa shape index (κ2) is 8.84. The van der Waals surface area contributed by atoms with E-state index >= 15 is 0 Å². The van der Waals surface area contributed by atoms with Crippen LogP contribution < -0.4 is 5.73 Å². The van der Waals surface area contributed by atoms with Crippen molar-refractivity contribution in [1.82, 2.24) is 0 Å². The summed E-state index contributed by atoms with van der Waals surface area (Å²) in [5, 5.41) is 0. The quantitative estimate of drug-likeness (QED) is 0.507. The fourth-order valence-corrected chi connectivity index (χ4v) is 3.10. The Balaban J connectivity index is 0.000000208. The molecule has 0 aliphatic rings. The Labute approximate surface area is 161 Å². The van der Waals surface area contributed by atoms with Gasteiger partial charge in [0.2, 0.25) is 0 Å². The van der Waals surface area contributed by atoms with E-state index in [9.17, 15) is 8.42 Å². The summed E-state index contributed by atoms with van der Waals surface area (Å²) in [5.41, 5.74) is 12.9. The van der Waals surface area contributed by atoms with E-state index in [1.165, 1.54) is 34.4 Å². The fraction of sp³-hybridized carbons (Fsp3) is 0.182. The molecule has 0 aromatic heterocycles. The van der Waals surface area contributed by atoms with Gasteiger partial charge in [-0.05, 0) is 67.6 Å². The number of rotatable bonds is 3. The van der Waals surface area contributed by atoms with Crippen LogP contribution in [0.2, 0.25) is 0 Å². The summed E-state index contributed by atoms with van der Waals surface area (Å²) in [6.45, 7) is 6.07. The topological polar surface area (TPSA) is 80.4 Å². The summed E-state index contributed by atoms with van der Waals surface area (Å²) in [5.74, 6) is 0. The molecule has 0 heterocycles. The SMILES string of the molecule is Cc1c(N)ccc(Cc2ccccc2)c1C.Cc1ccc(S(=O)(=O)O)cc1. The van der Waals surface area contributed by atoms with Crippen molar-refractivity contribution in [3.8, 4) is 0 Å². The highest BCUT2D eigenvalue weighted by molar-refractivity contribution is 7.85. The van der Waals surface area contributed by atoms with E-state index in [1.54, 1.807) is 12.1 Å². The van der Waals surface area contributed by atoms with Crippen LogP contribution in [0.5, 0.6) is 0 Å². The Morgan fingerprint density at radius 3 is 1.96 bits per heavy atom. The van der Waals surface area contributed by atoms with Gasteiger partial charge in [-0.2, -0.15) is 8.42 Å². The van der Waals surface area contributed by atoms with E-state index < -0.39 is 10.1 Å². The van der Waals surface area contributed by atoms with Crippen LogP contribution in [0.1, 0.15) is 27.8 Å². The van der Waals surface area contributed by atoms with Crippen LogP contribution in [-0.4, -0.2) is 13.0 Å². The number of hydrogen-bond donors (Lipinski definition) is 2. The highest BCUT2D eigenvalue weighted by atomic mass is 32.2. The molecular weight excluding hydrogens is 358 g/mol. The van der Waals surface area contributed by atoms with Crippen LogP contribution >= 0.6 is 0 Å². The van der Waals surface area contributed by atoms with Crippen molar-refractivity contribution in [3.63, 3.8) is 0 Å². The number of anilines is 1. The van der Waals surface area contributed by atoms with E-state index in [4.69, 9.17) is 10.3 Å². The number of aryl methyl sites for hydroxylation is 1. The number of hydrogen-bond acceptors (Lipinski definition) is 3. The number of nitrogen functional groups attached to an aromatic ring is 1. The Kier molecular flexibility index (Phi) is 6.77. The van der Waals surface area contributed by atoms with Gasteiger partial charge in [0.15, 0.2) is 0 Å². The maximum atomic E-state index is 10.5. The molecule has 0 aliphatic carbocycles. The molecule has 0 fully saturated rings. The monoisotopic (exact) mass is 383 g/mol. The van der Waals surface area contributed by atoms with Gasteiger partial charge < -0.3 is 5.73 Å². The first-order valence-electron chi connectivity index (χ1n) is 8.61. The normalized spacial score (nSPS) is 10.8. The van der Waals surface area contributed by atoms with Crippen LogP contribution in [0, 0.1) is 20.8 Å². The molecule has 4 nitrogen and oxygen atoms in total. The molecule has 5 heteroatoms. The summed E-state index contributed by atoms with van der Waals surface area (Å²) in [6.07, 6.45) is 0.980. The van der Waals surface area contributed by atoms with Crippen LogP contribution in [0.25, 0.3) is 0 Å². The molecule has 0 atom stereocenters. The summed E-state index contributed by atoms with van der Waals surface area (Å²) >= 11 is 0. The lowest BCUT2D eigenvalue weighted by molar-refractivity contribution is 0.483. The molecule has 0 aliphatic heterocycles. The van der Waals surface area contributed by atoms with E-state index in [0.29, 0.717) is 0 Å². The van der Waals surface area contributed by atoms with Crippen molar-refractivity contribution in [3.05, 3.63) is 94.5 Å². The van der Waals surface area contributed by atoms with Gasteiger partial charge in [0, 0.05) is 5.69 Å². The smallest absolute Gasteiger partial charge is 0.294 e. The van der Waals surface area contributed by atoms with Crippen LogP contribution in [0.3, 0.4) is 0 Å². The van der Waals surface area contributed by atoms with Crippen molar-refractivity contribution < 1.29 is 13.0 Å². The van der Waals surface area contributed by atoms with Crippen molar-refractivity contribution >= 4 is 15.8 Å². The predicted octanol–water partition coefficient (Wildman–Crippen LogP) is 4.72. The first-order valence-corrected chi connectivity index (χ1v) is 10.0. The minimum atomic E-state index is -4.02. The molecule has 0 amide bonds. The summed E-state index contributed by atoms with van der Waals surface area (Å²) in [4.78, 5) is -0.0666. The van der Waals surface area contributed by atoms with Crippen LogP contribution in [0.15, 0.2) is 71.6 Å². The van der Waals surface area contributed by atoms with Crippen LogP contribution in [0.4, 0.5) is 5.69 Å². The zero-order valence-corrected chi connectivity index (χ0v) is 16.6. The number of benzene rings is 3. The zero-order valence-electron chi connectivity index (χ0n) is 15.8. The summed E-state index contributed by atoms with van der Waals surface area (Å²) in [6, 6.07) is 20.6. The summed E-state index contributed by atoms with van der Waals surface area (Å²) in [7, 11) is -4.02. The van der Waals surface area contributed by atoms with Gasteiger partial charge in [-0.3, -0.25) is 4.55 Å². The molecule has 3 aromatic carbocycles. The molecule has 0 unspecified atom stereocenters. The maximum absolute atomic E-state index is 10.5. The second-order valence-electron chi connectivity index (χ2n) is 6.51. The standard InChI is InChI=1S/C15H17N.C7H8O3S/c1-11-12(2)15(16)9-8-14(11)10-13-6-4-3-5-7-13;1-6-2-4-7(5-3-6)11(8,9)10/h3-9H,10,16H2,1-2H3;2-5H,1H3,(H,8,9,10). The molecule has 0 saturated heterocycles. The van der Waals surface area contributed by atoms with Gasteiger partial charge in [0.05, 0.1) is 4.90 Å². The highest BCUT2D eigenvalue weighted by Gasteiger charge is 2.07. The largest absolute Gasteiger partial charge is 0.399 e. The van der Waals surface area contributed by atoms with Crippen molar-refractivity contribution in [2.45, 2.75) is 32.1 Å². The van der Waals surface area contributed by atoms with Gasteiger partial charge in [-0.25, -0.2) is 0 Å². The molecule has 0 bridgehead atoms. The maximum Gasteiger partial charge on any atom is 0.294 e. The molecule has 27 heavy (non-hydrogen) atoms. The molecule has 3 N–H and O–H groups in total. The average molecular weight is 384 g/mol. The lowest BCUT2D eigenvalue weighted by atomic mass is 9.96. The molecule has 3 rings (SSSR count). The molecule has 0 spiro atoms. The third-order valence-electron chi connectivity index (χ3n) is 4.50. The zero-order chi connectivity index (χ0) is 20.0. The van der Waals surface area contributed by atoms with Gasteiger partial charge in [0.1, 0.15) is 0 Å². The highest BCUT2D eigenvalue weighted by Crippen LogP contribution is 2.21. The van der Waals surface area contributed by atoms with E-state index in [2.05, 4.69) is 44.2 Å². The van der Waals surface area contributed by atoms with Crippen molar-refractivity contribution in [2.24, 2.45) is 0 Å². The van der Waals surface area contributed by atoms with E-state index in [-0.39, 0.29) is 4.90 Å². The summed E-state index contributed by atoms with van der Waals surface area (Å²) < 4.78 is 29.6. The Morgan fingerprint density at radius 1 is 0.815 bits per heavy atom. The van der Waals surface area contributed by atoms with Gasteiger partial charge in [0.25, 0.3) is 10.1 Å². The minimum Gasteiger partial charge on any atom is -0.399 e. The molecule has 0 radical (unpaired) electrons. The van der Waals surface area contributed by atoms with E-state index in [1.807, 2.05) is 19.1 Å². The van der Waals surface area contributed by atoms with Gasteiger partial charge in [-0.1, -0.05) is 54.1 Å². The Morgan fingerprint density at radius 2 is 1.41 bits per heavy atom. The molecule has 3 aromatic rings. The number of nitrogens with two attached hydrogens (primary N) is 1. The molecule has 142 valence electrons. The molecule has 0 saturated carbocycles. The van der Waals surface area contributed by atoms with Crippen molar-refractivity contribution in [2.75, 3.05) is 5.73 Å².